The molecule has 94 valence electrons. The highest BCUT2D eigenvalue weighted by Crippen LogP contribution is 2.25. The van der Waals surface area contributed by atoms with Crippen molar-refractivity contribution in [2.45, 2.75) is 16.5 Å². The summed E-state index contributed by atoms with van der Waals surface area (Å²) in [6.45, 7) is 1.83. The molecule has 0 aliphatic heterocycles. The van der Waals surface area contributed by atoms with Crippen LogP contribution in [0.4, 0.5) is 5.69 Å². The van der Waals surface area contributed by atoms with E-state index >= 15 is 0 Å². The van der Waals surface area contributed by atoms with Gasteiger partial charge in [-0.25, -0.2) is 0 Å². The molecule has 0 unspecified atom stereocenters. The lowest BCUT2D eigenvalue weighted by Crippen LogP contribution is -2.22. The van der Waals surface area contributed by atoms with E-state index in [4.69, 9.17) is 11.6 Å². The van der Waals surface area contributed by atoms with Gasteiger partial charge in [0.05, 0.1) is 5.25 Å². The Balaban J connectivity index is 1.93. The third-order valence-electron chi connectivity index (χ3n) is 2.10. The number of halogens is 1. The van der Waals surface area contributed by atoms with Crippen LogP contribution in [0.3, 0.4) is 0 Å². The van der Waals surface area contributed by atoms with Crippen molar-refractivity contribution >= 4 is 46.3 Å². The molecule has 1 aromatic carbocycles. The Morgan fingerprint density at radius 2 is 2.17 bits per heavy atom. The zero-order valence-corrected chi connectivity index (χ0v) is 11.9. The highest BCUT2D eigenvalue weighted by atomic mass is 35.5. The van der Waals surface area contributed by atoms with Crippen molar-refractivity contribution in [3.05, 3.63) is 34.8 Å². The number of anilines is 1. The second kappa shape index (κ2) is 6.17. The van der Waals surface area contributed by atoms with Gasteiger partial charge in [0.1, 0.15) is 5.51 Å². The predicted octanol–water partition coefficient (Wildman–Crippen LogP) is 3.31. The lowest BCUT2D eigenvalue weighted by atomic mass is 10.3. The van der Waals surface area contributed by atoms with Crippen LogP contribution in [-0.4, -0.2) is 21.4 Å². The van der Waals surface area contributed by atoms with Crippen LogP contribution >= 0.6 is 34.7 Å². The standard InChI is InChI=1S/C11H10ClN3OS2/c1-7(18-11-15-13-6-17-11)10(16)14-9-4-2-8(12)3-5-9/h2-7H,1H3,(H,14,16)/t7-/m0/s1. The van der Waals surface area contributed by atoms with Crippen molar-refractivity contribution in [3.63, 3.8) is 0 Å². The van der Waals surface area contributed by atoms with E-state index in [0.717, 1.165) is 10.0 Å². The van der Waals surface area contributed by atoms with E-state index in [1.165, 1.54) is 23.1 Å². The van der Waals surface area contributed by atoms with Gasteiger partial charge in [-0.05, 0) is 31.2 Å². The number of hydrogen-bond acceptors (Lipinski definition) is 5. The van der Waals surface area contributed by atoms with Crippen molar-refractivity contribution in [1.82, 2.24) is 10.2 Å². The molecule has 2 rings (SSSR count). The highest BCUT2D eigenvalue weighted by molar-refractivity contribution is 8.02. The van der Waals surface area contributed by atoms with Crippen LogP contribution in [0.15, 0.2) is 34.1 Å². The highest BCUT2D eigenvalue weighted by Gasteiger charge is 2.16. The fraction of sp³-hybridized carbons (Fsp3) is 0.182. The fourth-order valence-electron chi connectivity index (χ4n) is 1.20. The van der Waals surface area contributed by atoms with Crippen molar-refractivity contribution in [1.29, 1.82) is 0 Å². The number of carbonyl (C=O) groups excluding carboxylic acids is 1. The number of nitrogens with zero attached hydrogens (tertiary/aromatic N) is 2. The van der Waals surface area contributed by atoms with Crippen LogP contribution in [0.1, 0.15) is 6.92 Å². The molecule has 0 aliphatic carbocycles. The Labute approximate surface area is 118 Å². The van der Waals surface area contributed by atoms with Crippen molar-refractivity contribution < 1.29 is 4.79 Å². The summed E-state index contributed by atoms with van der Waals surface area (Å²) in [5.41, 5.74) is 2.38. The summed E-state index contributed by atoms with van der Waals surface area (Å²) in [5.74, 6) is -0.0717. The summed E-state index contributed by atoms with van der Waals surface area (Å²) in [4.78, 5) is 11.9. The Kier molecular flexibility index (Phi) is 4.57. The summed E-state index contributed by atoms with van der Waals surface area (Å²) >= 11 is 8.58. The molecule has 2 aromatic rings. The molecule has 1 aromatic heterocycles. The first-order valence-electron chi connectivity index (χ1n) is 5.14. The van der Waals surface area contributed by atoms with Gasteiger partial charge in [-0.1, -0.05) is 34.7 Å². The molecule has 1 amide bonds. The molecule has 1 N–H and O–H groups in total. The third kappa shape index (κ3) is 3.69. The van der Waals surface area contributed by atoms with Gasteiger partial charge in [-0.15, -0.1) is 10.2 Å². The molecule has 0 aliphatic rings. The summed E-state index contributed by atoms with van der Waals surface area (Å²) in [5, 5.41) is 10.9. The van der Waals surface area contributed by atoms with E-state index in [9.17, 15) is 4.79 Å². The summed E-state index contributed by atoms with van der Waals surface area (Å²) in [6.07, 6.45) is 0. The maximum Gasteiger partial charge on any atom is 0.237 e. The number of thioether (sulfide) groups is 1. The van der Waals surface area contributed by atoms with Gasteiger partial charge in [-0.3, -0.25) is 4.79 Å². The van der Waals surface area contributed by atoms with Crippen LogP contribution in [0.25, 0.3) is 0 Å². The van der Waals surface area contributed by atoms with Gasteiger partial charge in [0.15, 0.2) is 4.34 Å². The van der Waals surface area contributed by atoms with Gasteiger partial charge < -0.3 is 5.32 Å². The second-order valence-electron chi connectivity index (χ2n) is 3.46. The minimum absolute atomic E-state index is 0.0717. The Hall–Kier alpha value is -1.11. The smallest absolute Gasteiger partial charge is 0.237 e. The normalized spacial score (nSPS) is 12.1. The van der Waals surface area contributed by atoms with Crippen LogP contribution in [-0.2, 0) is 4.79 Å². The lowest BCUT2D eigenvalue weighted by Gasteiger charge is -2.10. The average molecular weight is 300 g/mol. The molecule has 1 atom stereocenters. The molecule has 18 heavy (non-hydrogen) atoms. The van der Waals surface area contributed by atoms with Crippen molar-refractivity contribution in [3.8, 4) is 0 Å². The number of carbonyl (C=O) groups is 1. The molecule has 0 radical (unpaired) electrons. The zero-order valence-electron chi connectivity index (χ0n) is 9.46. The molecule has 0 bridgehead atoms. The Morgan fingerprint density at radius 1 is 1.44 bits per heavy atom. The molecular weight excluding hydrogens is 290 g/mol. The van der Waals surface area contributed by atoms with E-state index in [-0.39, 0.29) is 11.2 Å². The largest absolute Gasteiger partial charge is 0.325 e. The topological polar surface area (TPSA) is 54.9 Å². The molecule has 7 heteroatoms. The lowest BCUT2D eigenvalue weighted by molar-refractivity contribution is -0.115. The maximum absolute atomic E-state index is 11.9. The Morgan fingerprint density at radius 3 is 2.78 bits per heavy atom. The molecule has 0 saturated carbocycles. The van der Waals surface area contributed by atoms with E-state index in [2.05, 4.69) is 15.5 Å². The van der Waals surface area contributed by atoms with Crippen molar-refractivity contribution in [2.75, 3.05) is 5.32 Å². The number of hydrogen-bond donors (Lipinski definition) is 1. The summed E-state index contributed by atoms with van der Waals surface area (Å²) in [7, 11) is 0. The minimum Gasteiger partial charge on any atom is -0.325 e. The van der Waals surface area contributed by atoms with E-state index in [0.29, 0.717) is 5.02 Å². The quantitative estimate of drug-likeness (QED) is 0.880. The molecule has 1 heterocycles. The number of amides is 1. The van der Waals surface area contributed by atoms with Gasteiger partial charge in [0, 0.05) is 10.7 Å². The molecular formula is C11H10ClN3OS2. The zero-order chi connectivity index (χ0) is 13.0. The van der Waals surface area contributed by atoms with Crippen LogP contribution in [0.5, 0.6) is 0 Å². The number of aromatic nitrogens is 2. The van der Waals surface area contributed by atoms with Crippen LogP contribution in [0.2, 0.25) is 5.02 Å². The molecule has 0 spiro atoms. The first-order chi connectivity index (χ1) is 8.65. The SMILES string of the molecule is C[C@H](Sc1nncs1)C(=O)Nc1ccc(Cl)cc1. The van der Waals surface area contributed by atoms with E-state index in [1.54, 1.807) is 29.8 Å². The van der Waals surface area contributed by atoms with Crippen LogP contribution < -0.4 is 5.32 Å². The number of benzene rings is 1. The first kappa shape index (κ1) is 13.3. The number of nitrogens with one attached hydrogen (secondary N) is 1. The van der Waals surface area contributed by atoms with Crippen molar-refractivity contribution in [2.24, 2.45) is 0 Å². The number of rotatable bonds is 4. The third-order valence-corrected chi connectivity index (χ3v) is 4.26. The maximum atomic E-state index is 11.9. The summed E-state index contributed by atoms with van der Waals surface area (Å²) in [6, 6.07) is 7.00. The average Bonchev–Trinajstić information content (AvgIpc) is 2.85. The van der Waals surface area contributed by atoms with Gasteiger partial charge in [0.2, 0.25) is 5.91 Å². The Bertz CT molecular complexity index is 516. The predicted molar refractivity (Wildman–Crippen MR) is 75.3 cm³/mol. The first-order valence-corrected chi connectivity index (χ1v) is 7.28. The van der Waals surface area contributed by atoms with Gasteiger partial charge in [0.25, 0.3) is 0 Å². The monoisotopic (exact) mass is 299 g/mol. The molecule has 0 fully saturated rings. The van der Waals surface area contributed by atoms with Gasteiger partial charge >= 0.3 is 0 Å². The van der Waals surface area contributed by atoms with E-state index < -0.39 is 0 Å². The molecule has 4 nitrogen and oxygen atoms in total. The molecule has 0 saturated heterocycles. The fourth-order valence-corrected chi connectivity index (χ4v) is 2.95. The second-order valence-corrected chi connectivity index (χ2v) is 6.32. The van der Waals surface area contributed by atoms with Gasteiger partial charge in [-0.2, -0.15) is 0 Å². The van der Waals surface area contributed by atoms with Crippen LogP contribution in [0, 0.1) is 0 Å². The summed E-state index contributed by atoms with van der Waals surface area (Å²) < 4.78 is 0.786. The van der Waals surface area contributed by atoms with E-state index in [1.807, 2.05) is 6.92 Å². The minimum atomic E-state index is -0.228.